The van der Waals surface area contributed by atoms with Gasteiger partial charge in [0.25, 0.3) is 5.91 Å². The molecular weight excluding hydrogens is 304 g/mol. The van der Waals surface area contributed by atoms with E-state index in [2.05, 4.69) is 10.3 Å². The molecule has 0 aliphatic rings. The van der Waals surface area contributed by atoms with Crippen molar-refractivity contribution in [2.45, 2.75) is 6.92 Å². The van der Waals surface area contributed by atoms with Crippen molar-refractivity contribution in [1.29, 1.82) is 0 Å². The number of fused-ring (bicyclic) bond motifs is 1. The average molecular weight is 316 g/mol. The summed E-state index contributed by atoms with van der Waals surface area (Å²) in [5.41, 5.74) is 0.431. The van der Waals surface area contributed by atoms with Crippen molar-refractivity contribution in [1.82, 2.24) is 4.98 Å². The molecule has 7 heteroatoms. The van der Waals surface area contributed by atoms with Crippen molar-refractivity contribution in [2.24, 2.45) is 0 Å². The number of ether oxygens (including phenoxy) is 1. The topological polar surface area (TPSA) is 81.4 Å². The van der Waals surface area contributed by atoms with Crippen LogP contribution in [0.2, 0.25) is 0 Å². The summed E-state index contributed by atoms with van der Waals surface area (Å²) in [7, 11) is 1.54. The molecule has 0 unspecified atom stereocenters. The summed E-state index contributed by atoms with van der Waals surface area (Å²) < 4.78 is 10.3. The average Bonchev–Trinajstić information content (AvgIpc) is 2.91. The van der Waals surface area contributed by atoms with E-state index in [4.69, 9.17) is 9.15 Å². The molecule has 0 aliphatic heterocycles. The van der Waals surface area contributed by atoms with Gasteiger partial charge in [0.2, 0.25) is 0 Å². The van der Waals surface area contributed by atoms with Gasteiger partial charge in [0.15, 0.2) is 5.13 Å². The smallest absolute Gasteiger partial charge is 0.349 e. The Labute approximate surface area is 129 Å². The number of methoxy groups -OCH3 is 1. The van der Waals surface area contributed by atoms with Crippen LogP contribution in [-0.4, -0.2) is 18.0 Å². The Morgan fingerprint density at radius 1 is 1.36 bits per heavy atom. The van der Waals surface area contributed by atoms with Gasteiger partial charge < -0.3 is 9.15 Å². The van der Waals surface area contributed by atoms with E-state index in [1.807, 2.05) is 12.3 Å². The van der Waals surface area contributed by atoms with E-state index in [0.717, 1.165) is 5.69 Å². The second-order valence-corrected chi connectivity index (χ2v) is 5.46. The number of amides is 1. The van der Waals surface area contributed by atoms with Gasteiger partial charge in [-0.1, -0.05) is 0 Å². The van der Waals surface area contributed by atoms with Crippen molar-refractivity contribution in [3.63, 3.8) is 0 Å². The van der Waals surface area contributed by atoms with E-state index >= 15 is 0 Å². The number of nitrogens with one attached hydrogen (secondary N) is 1. The zero-order valence-electron chi connectivity index (χ0n) is 11.9. The number of anilines is 1. The molecule has 1 N–H and O–H groups in total. The molecule has 0 aliphatic carbocycles. The molecule has 2 aromatic heterocycles. The summed E-state index contributed by atoms with van der Waals surface area (Å²) in [6.45, 7) is 1.82. The van der Waals surface area contributed by atoms with Crippen molar-refractivity contribution < 1.29 is 13.9 Å². The summed E-state index contributed by atoms with van der Waals surface area (Å²) in [6.07, 6.45) is 0. The van der Waals surface area contributed by atoms with Crippen LogP contribution in [0.5, 0.6) is 5.75 Å². The molecule has 2 heterocycles. The molecule has 0 radical (unpaired) electrons. The van der Waals surface area contributed by atoms with Crippen molar-refractivity contribution in [2.75, 3.05) is 12.4 Å². The summed E-state index contributed by atoms with van der Waals surface area (Å²) in [6, 6.07) is 6.49. The van der Waals surface area contributed by atoms with Gasteiger partial charge in [-0.3, -0.25) is 10.1 Å². The number of rotatable bonds is 3. The van der Waals surface area contributed by atoms with Gasteiger partial charge in [0, 0.05) is 10.8 Å². The Morgan fingerprint density at radius 2 is 2.18 bits per heavy atom. The lowest BCUT2D eigenvalue weighted by Crippen LogP contribution is -2.20. The number of aromatic nitrogens is 1. The lowest BCUT2D eigenvalue weighted by molar-refractivity contribution is 0.102. The van der Waals surface area contributed by atoms with Crippen molar-refractivity contribution in [3.8, 4) is 5.75 Å². The second kappa shape index (κ2) is 5.61. The molecule has 6 nitrogen and oxygen atoms in total. The van der Waals surface area contributed by atoms with Gasteiger partial charge in [-0.15, -0.1) is 11.3 Å². The van der Waals surface area contributed by atoms with Crippen LogP contribution in [0, 0.1) is 6.92 Å². The maximum atomic E-state index is 12.2. The SMILES string of the molecule is COc1ccc2oc(=O)c(C(=O)Nc3nc(C)cs3)cc2c1. The molecule has 112 valence electrons. The first kappa shape index (κ1) is 14.3. The van der Waals surface area contributed by atoms with Crippen molar-refractivity contribution in [3.05, 3.63) is 51.3 Å². The normalized spacial score (nSPS) is 10.6. The first-order valence-electron chi connectivity index (χ1n) is 6.42. The third-order valence-corrected chi connectivity index (χ3v) is 3.90. The monoisotopic (exact) mass is 316 g/mol. The molecule has 3 aromatic rings. The van der Waals surface area contributed by atoms with Gasteiger partial charge in [0.1, 0.15) is 16.9 Å². The van der Waals surface area contributed by atoms with E-state index in [1.165, 1.54) is 17.4 Å². The quantitative estimate of drug-likeness (QED) is 0.751. The highest BCUT2D eigenvalue weighted by atomic mass is 32.1. The maximum Gasteiger partial charge on any atom is 0.349 e. The van der Waals surface area contributed by atoms with Crippen LogP contribution in [0.25, 0.3) is 11.0 Å². The molecular formula is C15H12N2O4S. The van der Waals surface area contributed by atoms with Crippen molar-refractivity contribution >= 4 is 33.3 Å². The van der Waals surface area contributed by atoms with Crippen LogP contribution in [0.4, 0.5) is 5.13 Å². The van der Waals surface area contributed by atoms with Crippen LogP contribution >= 0.6 is 11.3 Å². The van der Waals surface area contributed by atoms with Gasteiger partial charge in [0.05, 0.1) is 12.8 Å². The Morgan fingerprint density at radius 3 is 2.86 bits per heavy atom. The number of carbonyl (C=O) groups excluding carboxylic acids is 1. The predicted octanol–water partition coefficient (Wildman–Crippen LogP) is 2.82. The van der Waals surface area contributed by atoms with E-state index < -0.39 is 11.5 Å². The molecule has 0 bridgehead atoms. The van der Waals surface area contributed by atoms with E-state index in [0.29, 0.717) is 21.9 Å². The summed E-state index contributed by atoms with van der Waals surface area (Å²) in [5, 5.41) is 5.45. The minimum absolute atomic E-state index is 0.0754. The molecule has 0 spiro atoms. The van der Waals surface area contributed by atoms with Crippen LogP contribution in [0.1, 0.15) is 16.1 Å². The largest absolute Gasteiger partial charge is 0.497 e. The number of nitrogens with zero attached hydrogens (tertiary/aromatic N) is 1. The number of hydrogen-bond donors (Lipinski definition) is 1. The second-order valence-electron chi connectivity index (χ2n) is 4.60. The zero-order valence-corrected chi connectivity index (χ0v) is 12.7. The molecule has 0 saturated carbocycles. The lowest BCUT2D eigenvalue weighted by Gasteiger charge is -2.04. The standard InChI is InChI=1S/C15H12N2O4S/c1-8-7-22-15(16-8)17-13(18)11-6-9-5-10(20-2)3-4-12(9)21-14(11)19/h3-7H,1-2H3,(H,16,17,18). The highest BCUT2D eigenvalue weighted by Crippen LogP contribution is 2.21. The highest BCUT2D eigenvalue weighted by molar-refractivity contribution is 7.13. The summed E-state index contributed by atoms with van der Waals surface area (Å²) >= 11 is 1.29. The molecule has 1 amide bonds. The highest BCUT2D eigenvalue weighted by Gasteiger charge is 2.15. The number of hydrogen-bond acceptors (Lipinski definition) is 6. The van der Waals surface area contributed by atoms with Gasteiger partial charge in [-0.2, -0.15) is 0 Å². The van der Waals surface area contributed by atoms with Crippen LogP contribution < -0.4 is 15.7 Å². The molecule has 1 aromatic carbocycles. The summed E-state index contributed by atoms with van der Waals surface area (Å²) in [4.78, 5) is 28.3. The van der Waals surface area contributed by atoms with Crippen LogP contribution in [0.3, 0.4) is 0 Å². The minimum Gasteiger partial charge on any atom is -0.497 e. The third-order valence-electron chi connectivity index (χ3n) is 3.02. The fraction of sp³-hybridized carbons (Fsp3) is 0.133. The molecule has 3 rings (SSSR count). The Hall–Kier alpha value is -2.67. The predicted molar refractivity (Wildman–Crippen MR) is 83.8 cm³/mol. The van der Waals surface area contributed by atoms with E-state index in [1.54, 1.807) is 25.3 Å². The molecule has 0 saturated heterocycles. The Balaban J connectivity index is 2.00. The van der Waals surface area contributed by atoms with Crippen LogP contribution in [-0.2, 0) is 0 Å². The summed E-state index contributed by atoms with van der Waals surface area (Å²) in [5.74, 6) is 0.0658. The zero-order chi connectivity index (χ0) is 15.7. The molecule has 22 heavy (non-hydrogen) atoms. The number of benzene rings is 1. The number of thiazole rings is 1. The fourth-order valence-electron chi connectivity index (χ4n) is 1.96. The maximum absolute atomic E-state index is 12.2. The Bertz CT molecular complexity index is 913. The van der Waals surface area contributed by atoms with E-state index in [-0.39, 0.29) is 5.56 Å². The van der Waals surface area contributed by atoms with Gasteiger partial charge >= 0.3 is 5.63 Å². The Kier molecular flexibility index (Phi) is 3.64. The first-order chi connectivity index (χ1) is 10.6. The first-order valence-corrected chi connectivity index (χ1v) is 7.30. The van der Waals surface area contributed by atoms with Gasteiger partial charge in [-0.25, -0.2) is 9.78 Å². The molecule has 0 atom stereocenters. The van der Waals surface area contributed by atoms with Gasteiger partial charge in [-0.05, 0) is 31.2 Å². The minimum atomic E-state index is -0.691. The third kappa shape index (κ3) is 2.71. The van der Waals surface area contributed by atoms with Crippen LogP contribution in [0.15, 0.2) is 38.9 Å². The number of carbonyl (C=O) groups is 1. The number of aryl methyl sites for hydroxylation is 1. The lowest BCUT2D eigenvalue weighted by atomic mass is 10.1. The fourth-order valence-corrected chi connectivity index (χ4v) is 2.65. The molecule has 0 fully saturated rings. The van der Waals surface area contributed by atoms with E-state index in [9.17, 15) is 9.59 Å².